The molecule has 19 heavy (non-hydrogen) atoms. The molecular weight excluding hydrogens is 248 g/mol. The Hall–Kier alpha value is -1.59. The fourth-order valence-electron chi connectivity index (χ4n) is 1.66. The smallest absolute Gasteiger partial charge is 0.311 e. The van der Waals surface area contributed by atoms with E-state index in [1.807, 2.05) is 0 Å². The Morgan fingerprint density at radius 3 is 2.68 bits per heavy atom. The molecule has 2 N–H and O–H groups in total. The average molecular weight is 270 g/mol. The third kappa shape index (κ3) is 5.28. The van der Waals surface area contributed by atoms with Crippen LogP contribution in [0.5, 0.6) is 0 Å². The summed E-state index contributed by atoms with van der Waals surface area (Å²) in [5.41, 5.74) is -0.639. The van der Waals surface area contributed by atoms with Crippen LogP contribution in [0.4, 0.5) is 0 Å². The van der Waals surface area contributed by atoms with Crippen molar-refractivity contribution >= 4 is 17.8 Å². The molecular formula is C13H22N2O4. The number of nitrogens with one attached hydrogen (secondary N) is 2. The predicted octanol–water partition coefficient (Wildman–Crippen LogP) is 0.361. The number of carbonyl (C=O) groups is 3. The highest BCUT2D eigenvalue weighted by atomic mass is 16.5. The molecule has 0 aliphatic carbocycles. The van der Waals surface area contributed by atoms with Crippen LogP contribution in [0, 0.1) is 5.41 Å². The summed E-state index contributed by atoms with van der Waals surface area (Å²) >= 11 is 0. The Labute approximate surface area is 113 Å². The van der Waals surface area contributed by atoms with Crippen LogP contribution in [-0.2, 0) is 19.1 Å². The fourth-order valence-corrected chi connectivity index (χ4v) is 1.66. The molecule has 1 aliphatic rings. The first-order valence-corrected chi connectivity index (χ1v) is 6.55. The number of hydrogen-bond donors (Lipinski definition) is 2. The molecule has 1 atom stereocenters. The predicted molar refractivity (Wildman–Crippen MR) is 69.2 cm³/mol. The Morgan fingerprint density at radius 1 is 1.37 bits per heavy atom. The van der Waals surface area contributed by atoms with E-state index < -0.39 is 23.3 Å². The number of hydrogen-bond acceptors (Lipinski definition) is 4. The van der Waals surface area contributed by atoms with Crippen LogP contribution in [0.1, 0.15) is 40.0 Å². The summed E-state index contributed by atoms with van der Waals surface area (Å²) in [5.74, 6) is -1.05. The van der Waals surface area contributed by atoms with Crippen LogP contribution in [0.3, 0.4) is 0 Å². The van der Waals surface area contributed by atoms with Crippen LogP contribution in [0.25, 0.3) is 0 Å². The monoisotopic (exact) mass is 270 g/mol. The van der Waals surface area contributed by atoms with Crippen LogP contribution < -0.4 is 10.6 Å². The van der Waals surface area contributed by atoms with Crippen LogP contribution in [0.2, 0.25) is 0 Å². The zero-order chi connectivity index (χ0) is 14.5. The lowest BCUT2D eigenvalue weighted by Gasteiger charge is -2.18. The second-order valence-electron chi connectivity index (χ2n) is 5.73. The Kier molecular flexibility index (Phi) is 5.32. The Bertz CT molecular complexity index is 360. The van der Waals surface area contributed by atoms with Crippen molar-refractivity contribution in [3.8, 4) is 0 Å². The molecule has 108 valence electrons. The average Bonchev–Trinajstić information content (AvgIpc) is 2.51. The Morgan fingerprint density at radius 2 is 2.05 bits per heavy atom. The maximum absolute atomic E-state index is 11.6. The van der Waals surface area contributed by atoms with Crippen molar-refractivity contribution in [2.24, 2.45) is 5.41 Å². The summed E-state index contributed by atoms with van der Waals surface area (Å²) in [5, 5.41) is 5.31. The Balaban J connectivity index is 2.38. The molecule has 0 bridgehead atoms. The molecule has 0 saturated carbocycles. The first-order valence-electron chi connectivity index (χ1n) is 6.55. The van der Waals surface area contributed by atoms with Gasteiger partial charge in [0.2, 0.25) is 5.91 Å². The van der Waals surface area contributed by atoms with E-state index in [-0.39, 0.29) is 12.5 Å². The minimum Gasteiger partial charge on any atom is -0.455 e. The van der Waals surface area contributed by atoms with E-state index in [4.69, 9.17) is 4.74 Å². The molecule has 0 spiro atoms. The van der Waals surface area contributed by atoms with Gasteiger partial charge in [-0.25, -0.2) is 0 Å². The van der Waals surface area contributed by atoms with Gasteiger partial charge in [0.15, 0.2) is 6.61 Å². The maximum atomic E-state index is 11.6. The lowest BCUT2D eigenvalue weighted by molar-refractivity contribution is -0.156. The van der Waals surface area contributed by atoms with E-state index in [1.165, 1.54) is 0 Å². The third-order valence-electron chi connectivity index (χ3n) is 2.82. The van der Waals surface area contributed by atoms with Crippen LogP contribution in [0.15, 0.2) is 0 Å². The highest BCUT2D eigenvalue weighted by molar-refractivity contribution is 5.89. The summed E-state index contributed by atoms with van der Waals surface area (Å²) in [6, 6.07) is -0.525. The quantitative estimate of drug-likeness (QED) is 0.725. The van der Waals surface area contributed by atoms with Gasteiger partial charge < -0.3 is 15.4 Å². The lowest BCUT2D eigenvalue weighted by Crippen LogP contribution is -2.47. The summed E-state index contributed by atoms with van der Waals surface area (Å²) in [7, 11) is 0. The van der Waals surface area contributed by atoms with Gasteiger partial charge in [0.1, 0.15) is 6.04 Å². The van der Waals surface area contributed by atoms with Crippen molar-refractivity contribution in [2.45, 2.75) is 46.1 Å². The summed E-state index contributed by atoms with van der Waals surface area (Å²) in [6.07, 6.45) is 2.41. The van der Waals surface area contributed by atoms with Crippen molar-refractivity contribution in [3.63, 3.8) is 0 Å². The van der Waals surface area contributed by atoms with Gasteiger partial charge in [-0.2, -0.15) is 0 Å². The van der Waals surface area contributed by atoms with E-state index in [1.54, 1.807) is 20.8 Å². The van der Waals surface area contributed by atoms with E-state index in [9.17, 15) is 14.4 Å². The molecule has 0 aromatic rings. The normalized spacial score (nSPS) is 20.2. The maximum Gasteiger partial charge on any atom is 0.311 e. The van der Waals surface area contributed by atoms with Gasteiger partial charge in [0.25, 0.3) is 5.91 Å². The SMILES string of the molecule is CC(C)(C)C(=O)OCC(=O)N[C@@H]1CCCCNC1=O. The van der Waals surface area contributed by atoms with E-state index >= 15 is 0 Å². The molecule has 1 saturated heterocycles. The van der Waals surface area contributed by atoms with Gasteiger partial charge in [0.05, 0.1) is 5.41 Å². The molecule has 0 unspecified atom stereocenters. The number of carbonyl (C=O) groups excluding carboxylic acids is 3. The van der Waals surface area contributed by atoms with Gasteiger partial charge in [-0.3, -0.25) is 14.4 Å². The van der Waals surface area contributed by atoms with E-state index in [0.717, 1.165) is 12.8 Å². The minimum atomic E-state index is -0.639. The number of esters is 1. The van der Waals surface area contributed by atoms with Gasteiger partial charge >= 0.3 is 5.97 Å². The van der Waals surface area contributed by atoms with E-state index in [2.05, 4.69) is 10.6 Å². The third-order valence-corrected chi connectivity index (χ3v) is 2.82. The van der Waals surface area contributed by atoms with Gasteiger partial charge in [-0.1, -0.05) is 0 Å². The topological polar surface area (TPSA) is 84.5 Å². The molecule has 0 radical (unpaired) electrons. The summed E-state index contributed by atoms with van der Waals surface area (Å²) < 4.78 is 4.89. The van der Waals surface area contributed by atoms with Crippen molar-refractivity contribution in [1.29, 1.82) is 0 Å². The van der Waals surface area contributed by atoms with Crippen molar-refractivity contribution in [2.75, 3.05) is 13.2 Å². The van der Waals surface area contributed by atoms with Crippen LogP contribution in [-0.4, -0.2) is 37.0 Å². The van der Waals surface area contributed by atoms with Crippen molar-refractivity contribution in [3.05, 3.63) is 0 Å². The number of rotatable bonds is 3. The fraction of sp³-hybridized carbons (Fsp3) is 0.769. The van der Waals surface area contributed by atoms with E-state index in [0.29, 0.717) is 13.0 Å². The first-order chi connectivity index (χ1) is 8.80. The zero-order valence-electron chi connectivity index (χ0n) is 11.7. The van der Waals surface area contributed by atoms with Crippen LogP contribution >= 0.6 is 0 Å². The molecule has 6 heteroatoms. The molecule has 1 rings (SSSR count). The number of amides is 2. The lowest BCUT2D eigenvalue weighted by atomic mass is 9.97. The first kappa shape index (κ1) is 15.5. The minimum absolute atomic E-state index is 0.173. The standard InChI is InChI=1S/C13H22N2O4/c1-13(2,3)12(18)19-8-10(16)15-9-6-4-5-7-14-11(9)17/h9H,4-8H2,1-3H3,(H,14,17)(H,15,16)/t9-/m1/s1. The van der Waals surface area contributed by atoms with Gasteiger partial charge in [0, 0.05) is 6.54 Å². The molecule has 1 heterocycles. The molecule has 6 nitrogen and oxygen atoms in total. The molecule has 0 aromatic heterocycles. The molecule has 0 aromatic carbocycles. The summed E-state index contributed by atoms with van der Waals surface area (Å²) in [6.45, 7) is 5.44. The second kappa shape index (κ2) is 6.54. The molecule has 1 aliphatic heterocycles. The summed E-state index contributed by atoms with van der Waals surface area (Å²) in [4.78, 5) is 34.7. The highest BCUT2D eigenvalue weighted by Crippen LogP contribution is 2.14. The molecule has 1 fully saturated rings. The zero-order valence-corrected chi connectivity index (χ0v) is 11.7. The van der Waals surface area contributed by atoms with Gasteiger partial charge in [-0.15, -0.1) is 0 Å². The largest absolute Gasteiger partial charge is 0.455 e. The number of ether oxygens (including phenoxy) is 1. The molecule has 2 amide bonds. The van der Waals surface area contributed by atoms with Crippen molar-refractivity contribution in [1.82, 2.24) is 10.6 Å². The highest BCUT2D eigenvalue weighted by Gasteiger charge is 2.26. The second-order valence-corrected chi connectivity index (χ2v) is 5.73. The van der Waals surface area contributed by atoms with Crippen molar-refractivity contribution < 1.29 is 19.1 Å². The van der Waals surface area contributed by atoms with Gasteiger partial charge in [-0.05, 0) is 40.0 Å².